The molecule has 0 unspecified atom stereocenters. The number of aliphatic hydroxyl groups excluding tert-OH is 1. The Morgan fingerprint density at radius 1 is 1.38 bits per heavy atom. The van der Waals surface area contributed by atoms with Gasteiger partial charge in [0.15, 0.2) is 6.79 Å². The maximum Gasteiger partial charge on any atom is 0.188 e. The zero-order valence-electron chi connectivity index (χ0n) is 7.29. The van der Waals surface area contributed by atoms with Crippen molar-refractivity contribution in [3.05, 3.63) is 29.6 Å². The minimum absolute atomic E-state index is 0.0638. The molecular weight excluding hydrogens is 175 g/mol. The highest BCUT2D eigenvalue weighted by atomic mass is 19.1. The highest BCUT2D eigenvalue weighted by Gasteiger charge is 2.00. The van der Waals surface area contributed by atoms with Gasteiger partial charge in [0.25, 0.3) is 0 Å². The van der Waals surface area contributed by atoms with Crippen molar-refractivity contribution in [2.75, 3.05) is 13.9 Å². The lowest BCUT2D eigenvalue weighted by atomic mass is 10.2. The molecule has 0 amide bonds. The van der Waals surface area contributed by atoms with E-state index in [1.807, 2.05) is 0 Å². The Morgan fingerprint density at radius 2 is 2.15 bits per heavy atom. The number of hydrogen-bond acceptors (Lipinski definition) is 3. The van der Waals surface area contributed by atoms with Crippen LogP contribution in [-0.2, 0) is 11.3 Å². The standard InChI is InChI=1S/C9H11FO3/c1-12-6-13-9-3-7(5-11)2-8(10)4-9/h2-4,11H,5-6H2,1H3. The summed E-state index contributed by atoms with van der Waals surface area (Å²) < 4.78 is 22.5. The van der Waals surface area contributed by atoms with Gasteiger partial charge < -0.3 is 14.6 Å². The molecular formula is C9H11FO3. The molecule has 4 heteroatoms. The molecule has 1 aromatic rings. The van der Waals surface area contributed by atoms with Crippen LogP contribution in [0.5, 0.6) is 5.75 Å². The minimum Gasteiger partial charge on any atom is -0.467 e. The van der Waals surface area contributed by atoms with Crippen molar-refractivity contribution in [3.8, 4) is 5.75 Å². The second-order valence-corrected chi connectivity index (χ2v) is 2.50. The summed E-state index contributed by atoms with van der Waals surface area (Å²) in [7, 11) is 1.48. The van der Waals surface area contributed by atoms with Crippen LogP contribution in [0.25, 0.3) is 0 Å². The van der Waals surface area contributed by atoms with Gasteiger partial charge in [-0.3, -0.25) is 0 Å². The number of aliphatic hydroxyl groups is 1. The molecule has 0 atom stereocenters. The van der Waals surface area contributed by atoms with Crippen molar-refractivity contribution in [3.63, 3.8) is 0 Å². The molecule has 0 fully saturated rings. The molecule has 0 aliphatic rings. The molecule has 0 spiro atoms. The van der Waals surface area contributed by atoms with Crippen molar-refractivity contribution >= 4 is 0 Å². The zero-order valence-corrected chi connectivity index (χ0v) is 7.29. The smallest absolute Gasteiger partial charge is 0.188 e. The number of methoxy groups -OCH3 is 1. The third-order valence-corrected chi connectivity index (χ3v) is 1.46. The van der Waals surface area contributed by atoms with Gasteiger partial charge in [0.2, 0.25) is 0 Å². The lowest BCUT2D eigenvalue weighted by Gasteiger charge is -2.05. The average Bonchev–Trinajstić information content (AvgIpc) is 2.14. The summed E-state index contributed by atoms with van der Waals surface area (Å²) in [5, 5.41) is 8.76. The van der Waals surface area contributed by atoms with Gasteiger partial charge in [-0.05, 0) is 17.7 Å². The van der Waals surface area contributed by atoms with E-state index in [9.17, 15) is 4.39 Å². The molecule has 13 heavy (non-hydrogen) atoms. The molecule has 1 rings (SSSR count). The van der Waals surface area contributed by atoms with E-state index in [1.54, 1.807) is 6.07 Å². The minimum atomic E-state index is -0.433. The SMILES string of the molecule is COCOc1cc(F)cc(CO)c1. The maximum atomic E-state index is 12.8. The van der Waals surface area contributed by atoms with E-state index in [4.69, 9.17) is 9.84 Å². The van der Waals surface area contributed by atoms with Gasteiger partial charge in [-0.2, -0.15) is 0 Å². The largest absolute Gasteiger partial charge is 0.467 e. The molecule has 0 radical (unpaired) electrons. The number of ether oxygens (including phenoxy) is 2. The molecule has 0 aliphatic carbocycles. The monoisotopic (exact) mass is 186 g/mol. The molecule has 0 aliphatic heterocycles. The van der Waals surface area contributed by atoms with Crippen molar-refractivity contribution < 1.29 is 19.0 Å². The molecule has 0 bridgehead atoms. The van der Waals surface area contributed by atoms with E-state index in [-0.39, 0.29) is 13.4 Å². The van der Waals surface area contributed by atoms with Crippen LogP contribution < -0.4 is 4.74 Å². The summed E-state index contributed by atoms with van der Waals surface area (Å²) in [6, 6.07) is 4.04. The first-order chi connectivity index (χ1) is 6.26. The van der Waals surface area contributed by atoms with Crippen molar-refractivity contribution in [1.82, 2.24) is 0 Å². The second-order valence-electron chi connectivity index (χ2n) is 2.50. The second kappa shape index (κ2) is 4.79. The van der Waals surface area contributed by atoms with Crippen LogP contribution >= 0.6 is 0 Å². The Kier molecular flexibility index (Phi) is 3.67. The Morgan fingerprint density at radius 3 is 2.77 bits per heavy atom. The van der Waals surface area contributed by atoms with E-state index in [2.05, 4.69) is 4.74 Å². The quantitative estimate of drug-likeness (QED) is 0.720. The third-order valence-electron chi connectivity index (χ3n) is 1.46. The molecule has 0 aromatic heterocycles. The van der Waals surface area contributed by atoms with E-state index < -0.39 is 5.82 Å². The van der Waals surface area contributed by atoms with E-state index in [0.29, 0.717) is 11.3 Å². The topological polar surface area (TPSA) is 38.7 Å². The van der Waals surface area contributed by atoms with Crippen LogP contribution in [0.1, 0.15) is 5.56 Å². The van der Waals surface area contributed by atoms with Gasteiger partial charge in [0.1, 0.15) is 11.6 Å². The third kappa shape index (κ3) is 3.01. The molecule has 0 saturated heterocycles. The Hall–Kier alpha value is -1.13. The van der Waals surface area contributed by atoms with Crippen LogP contribution in [0.4, 0.5) is 4.39 Å². The fraction of sp³-hybridized carbons (Fsp3) is 0.333. The summed E-state index contributed by atoms with van der Waals surface area (Å²) in [6.45, 7) is -0.143. The molecule has 3 nitrogen and oxygen atoms in total. The van der Waals surface area contributed by atoms with E-state index in [1.165, 1.54) is 19.2 Å². The number of rotatable bonds is 4. The first-order valence-electron chi connectivity index (χ1n) is 3.78. The normalized spacial score (nSPS) is 10.1. The predicted octanol–water partition coefficient (Wildman–Crippen LogP) is 1.30. The highest BCUT2D eigenvalue weighted by Crippen LogP contribution is 2.16. The maximum absolute atomic E-state index is 12.8. The first-order valence-corrected chi connectivity index (χ1v) is 3.78. The Bertz CT molecular complexity index is 276. The molecule has 1 aromatic carbocycles. The van der Waals surface area contributed by atoms with Crippen LogP contribution in [0, 0.1) is 5.82 Å². The number of halogens is 1. The average molecular weight is 186 g/mol. The highest BCUT2D eigenvalue weighted by molar-refractivity contribution is 5.29. The summed E-state index contributed by atoms with van der Waals surface area (Å²) in [4.78, 5) is 0. The Labute approximate surface area is 75.7 Å². The molecule has 1 N–H and O–H groups in total. The predicted molar refractivity (Wildman–Crippen MR) is 44.8 cm³/mol. The first kappa shape index (κ1) is 9.95. The van der Waals surface area contributed by atoms with Crippen LogP contribution in [0.3, 0.4) is 0 Å². The fourth-order valence-electron chi connectivity index (χ4n) is 0.922. The van der Waals surface area contributed by atoms with Crippen LogP contribution in [0.2, 0.25) is 0 Å². The van der Waals surface area contributed by atoms with Gasteiger partial charge in [-0.15, -0.1) is 0 Å². The zero-order chi connectivity index (χ0) is 9.68. The summed E-state index contributed by atoms with van der Waals surface area (Å²) in [6.07, 6.45) is 0. The molecule has 72 valence electrons. The van der Waals surface area contributed by atoms with E-state index in [0.717, 1.165) is 0 Å². The summed E-state index contributed by atoms with van der Waals surface area (Å²) in [5.74, 6) is -0.0800. The lowest BCUT2D eigenvalue weighted by Crippen LogP contribution is -1.99. The Balaban J connectivity index is 2.76. The van der Waals surface area contributed by atoms with Crippen LogP contribution in [-0.4, -0.2) is 19.0 Å². The van der Waals surface area contributed by atoms with Gasteiger partial charge in [0, 0.05) is 13.2 Å². The van der Waals surface area contributed by atoms with Crippen molar-refractivity contribution in [2.45, 2.75) is 6.61 Å². The van der Waals surface area contributed by atoms with E-state index >= 15 is 0 Å². The van der Waals surface area contributed by atoms with Gasteiger partial charge in [-0.25, -0.2) is 4.39 Å². The lowest BCUT2D eigenvalue weighted by molar-refractivity contribution is 0.0508. The number of hydrogen-bond donors (Lipinski definition) is 1. The summed E-state index contributed by atoms with van der Waals surface area (Å²) >= 11 is 0. The molecule has 0 heterocycles. The summed E-state index contributed by atoms with van der Waals surface area (Å²) in [5.41, 5.74) is 0.478. The van der Waals surface area contributed by atoms with Gasteiger partial charge >= 0.3 is 0 Å². The fourth-order valence-corrected chi connectivity index (χ4v) is 0.922. The van der Waals surface area contributed by atoms with Crippen LogP contribution in [0.15, 0.2) is 18.2 Å². The van der Waals surface area contributed by atoms with Crippen molar-refractivity contribution in [1.29, 1.82) is 0 Å². The van der Waals surface area contributed by atoms with Gasteiger partial charge in [0.05, 0.1) is 6.61 Å². The van der Waals surface area contributed by atoms with Gasteiger partial charge in [-0.1, -0.05) is 0 Å². The molecule has 0 saturated carbocycles. The van der Waals surface area contributed by atoms with Crippen molar-refractivity contribution in [2.24, 2.45) is 0 Å². The number of benzene rings is 1.